The van der Waals surface area contributed by atoms with E-state index in [-0.39, 0.29) is 17.9 Å². The third kappa shape index (κ3) is 5.64. The summed E-state index contributed by atoms with van der Waals surface area (Å²) in [7, 11) is -0.765. The zero-order valence-electron chi connectivity index (χ0n) is 18.2. The number of carbonyl (C=O) groups excluding carboxylic acids is 1. The molecule has 2 rings (SSSR count). The monoisotopic (exact) mass is 407 g/mol. The number of ether oxygens (including phenoxy) is 1. The van der Waals surface area contributed by atoms with E-state index < -0.39 is 35.8 Å². The lowest BCUT2D eigenvalue weighted by Gasteiger charge is -2.32. The molecule has 0 saturated carbocycles. The SMILES string of the molecule is CC(C)(C)OC(=O)NCC(=Cc1cc(F)cc(N)c1N)B1OC(C)(C)C(C)(C)O1. The Balaban J connectivity index is 2.35. The first-order chi connectivity index (χ1) is 13.1. The number of hydrogen-bond donors (Lipinski definition) is 3. The zero-order valence-corrected chi connectivity index (χ0v) is 18.2. The number of nitrogens with two attached hydrogens (primary N) is 2. The van der Waals surface area contributed by atoms with Gasteiger partial charge in [-0.2, -0.15) is 0 Å². The zero-order chi connectivity index (χ0) is 22.2. The number of alkyl carbamates (subject to hydrolysis) is 1. The fraction of sp³-hybridized carbons (Fsp3) is 0.550. The van der Waals surface area contributed by atoms with Gasteiger partial charge in [0.1, 0.15) is 11.4 Å². The maximum Gasteiger partial charge on any atom is 0.492 e. The van der Waals surface area contributed by atoms with Crippen molar-refractivity contribution in [2.75, 3.05) is 18.0 Å². The molecule has 0 atom stereocenters. The Morgan fingerprint density at radius 1 is 1.21 bits per heavy atom. The normalized spacial score (nSPS) is 18.6. The molecule has 29 heavy (non-hydrogen) atoms. The summed E-state index contributed by atoms with van der Waals surface area (Å²) >= 11 is 0. The van der Waals surface area contributed by atoms with Gasteiger partial charge in [0, 0.05) is 12.1 Å². The fourth-order valence-electron chi connectivity index (χ4n) is 2.67. The van der Waals surface area contributed by atoms with Gasteiger partial charge < -0.3 is 30.8 Å². The maximum absolute atomic E-state index is 13.9. The van der Waals surface area contributed by atoms with Gasteiger partial charge in [0.2, 0.25) is 0 Å². The van der Waals surface area contributed by atoms with Crippen molar-refractivity contribution in [3.05, 3.63) is 29.0 Å². The Kier molecular flexibility index (Phi) is 6.25. The van der Waals surface area contributed by atoms with Crippen LogP contribution in [0.4, 0.5) is 20.6 Å². The van der Waals surface area contributed by atoms with Gasteiger partial charge in [0.15, 0.2) is 0 Å². The Morgan fingerprint density at radius 3 is 2.28 bits per heavy atom. The van der Waals surface area contributed by atoms with E-state index in [1.54, 1.807) is 26.8 Å². The van der Waals surface area contributed by atoms with Crippen LogP contribution in [0, 0.1) is 5.82 Å². The molecule has 0 spiro atoms. The second kappa shape index (κ2) is 7.87. The molecule has 1 fully saturated rings. The topological polar surface area (TPSA) is 109 Å². The Morgan fingerprint density at radius 2 is 1.76 bits per heavy atom. The minimum atomic E-state index is -0.765. The average molecular weight is 407 g/mol. The largest absolute Gasteiger partial charge is 0.492 e. The molecule has 0 unspecified atom stereocenters. The van der Waals surface area contributed by atoms with Gasteiger partial charge in [-0.3, -0.25) is 0 Å². The number of carbonyl (C=O) groups is 1. The van der Waals surface area contributed by atoms with E-state index in [9.17, 15) is 9.18 Å². The molecule has 9 heteroatoms. The molecule has 160 valence electrons. The van der Waals surface area contributed by atoms with Gasteiger partial charge in [-0.05, 0) is 66.1 Å². The summed E-state index contributed by atoms with van der Waals surface area (Å²) < 4.78 is 31.3. The Bertz CT molecular complexity index is 803. The number of anilines is 2. The first-order valence-corrected chi connectivity index (χ1v) is 9.49. The Hall–Kier alpha value is -2.26. The summed E-state index contributed by atoms with van der Waals surface area (Å²) in [5, 5.41) is 2.68. The van der Waals surface area contributed by atoms with Crippen LogP contribution in [0.2, 0.25) is 0 Å². The summed E-state index contributed by atoms with van der Waals surface area (Å²) in [6.45, 7) is 13.0. The van der Waals surface area contributed by atoms with Gasteiger partial charge >= 0.3 is 13.2 Å². The molecular weight excluding hydrogens is 376 g/mol. The smallest absolute Gasteiger partial charge is 0.444 e. The van der Waals surface area contributed by atoms with Gasteiger partial charge in [-0.15, -0.1) is 0 Å². The second-order valence-corrected chi connectivity index (χ2v) is 9.16. The van der Waals surface area contributed by atoms with Crippen molar-refractivity contribution in [1.82, 2.24) is 5.32 Å². The quantitative estimate of drug-likeness (QED) is 0.521. The summed E-state index contributed by atoms with van der Waals surface area (Å²) in [6.07, 6.45) is 1.03. The Labute approximate surface area is 172 Å². The van der Waals surface area contributed by atoms with Gasteiger partial charge in [0.25, 0.3) is 0 Å². The molecule has 5 N–H and O–H groups in total. The van der Waals surface area contributed by atoms with Crippen LogP contribution in [-0.2, 0) is 14.0 Å². The summed E-state index contributed by atoms with van der Waals surface area (Å²) in [6, 6.07) is 2.42. The van der Waals surface area contributed by atoms with Crippen LogP contribution in [0.25, 0.3) is 6.08 Å². The van der Waals surface area contributed by atoms with Crippen molar-refractivity contribution >= 4 is 30.7 Å². The summed E-state index contributed by atoms with van der Waals surface area (Å²) in [4.78, 5) is 12.1. The highest BCUT2D eigenvalue weighted by Crippen LogP contribution is 2.39. The lowest BCUT2D eigenvalue weighted by molar-refractivity contribution is 0.00578. The molecule has 0 bridgehead atoms. The number of amides is 1. The number of nitrogen functional groups attached to an aromatic ring is 2. The minimum absolute atomic E-state index is 0.0571. The van der Waals surface area contributed by atoms with Gasteiger partial charge in [0.05, 0.1) is 22.6 Å². The number of halogens is 1. The molecule has 1 aromatic carbocycles. The number of hydrogen-bond acceptors (Lipinski definition) is 6. The van der Waals surface area contributed by atoms with Crippen LogP contribution in [0.1, 0.15) is 54.0 Å². The maximum atomic E-state index is 13.9. The van der Waals surface area contributed by atoms with E-state index in [1.807, 2.05) is 27.7 Å². The van der Waals surface area contributed by atoms with E-state index in [2.05, 4.69) is 5.32 Å². The van der Waals surface area contributed by atoms with E-state index in [4.69, 9.17) is 25.5 Å². The molecule has 1 saturated heterocycles. The van der Waals surface area contributed by atoms with Gasteiger partial charge in [-0.25, -0.2) is 9.18 Å². The number of rotatable bonds is 4. The first-order valence-electron chi connectivity index (χ1n) is 9.49. The lowest BCUT2D eigenvalue weighted by Crippen LogP contribution is -2.41. The predicted octanol–water partition coefficient (Wildman–Crippen LogP) is 3.53. The van der Waals surface area contributed by atoms with Crippen molar-refractivity contribution in [2.24, 2.45) is 0 Å². The van der Waals surface area contributed by atoms with E-state index in [1.165, 1.54) is 6.07 Å². The van der Waals surface area contributed by atoms with Crippen LogP contribution < -0.4 is 16.8 Å². The van der Waals surface area contributed by atoms with Crippen molar-refractivity contribution < 1.29 is 23.2 Å². The van der Waals surface area contributed by atoms with Crippen molar-refractivity contribution in [1.29, 1.82) is 0 Å². The first kappa shape index (κ1) is 23.0. The predicted molar refractivity (Wildman–Crippen MR) is 114 cm³/mol. The van der Waals surface area contributed by atoms with Crippen LogP contribution in [0.3, 0.4) is 0 Å². The molecular formula is C20H31BFN3O4. The molecule has 0 aliphatic carbocycles. The number of benzene rings is 1. The third-order valence-electron chi connectivity index (χ3n) is 4.94. The van der Waals surface area contributed by atoms with Crippen molar-refractivity contribution in [3.63, 3.8) is 0 Å². The average Bonchev–Trinajstić information content (AvgIpc) is 2.74. The standard InChI is InChI=1S/C20H31BFN3O4/c1-18(2,3)27-17(26)25-11-13(21-28-19(4,5)20(6,7)29-21)8-12-9-14(22)10-15(23)16(12)24/h8-10H,11,23-24H2,1-7H3,(H,25,26). The van der Waals surface area contributed by atoms with Crippen molar-refractivity contribution in [3.8, 4) is 0 Å². The summed E-state index contributed by atoms with van der Waals surface area (Å²) in [5.74, 6) is -0.517. The van der Waals surface area contributed by atoms with Crippen molar-refractivity contribution in [2.45, 2.75) is 65.3 Å². The molecule has 0 radical (unpaired) electrons. The molecule has 0 aromatic heterocycles. The number of nitrogens with one attached hydrogen (secondary N) is 1. The van der Waals surface area contributed by atoms with E-state index >= 15 is 0 Å². The summed E-state index contributed by atoms with van der Waals surface area (Å²) in [5.41, 5.74) is 11.3. The second-order valence-electron chi connectivity index (χ2n) is 9.16. The van der Waals surface area contributed by atoms with E-state index in [0.717, 1.165) is 6.07 Å². The van der Waals surface area contributed by atoms with Crippen LogP contribution in [0.5, 0.6) is 0 Å². The minimum Gasteiger partial charge on any atom is -0.444 e. The lowest BCUT2D eigenvalue weighted by atomic mass is 9.76. The molecule has 1 aliphatic rings. The molecule has 7 nitrogen and oxygen atoms in total. The highest BCUT2D eigenvalue weighted by atomic mass is 19.1. The van der Waals surface area contributed by atoms with Crippen LogP contribution in [-0.4, -0.2) is 36.6 Å². The molecule has 1 aromatic rings. The highest BCUT2D eigenvalue weighted by molar-refractivity contribution is 6.56. The van der Waals surface area contributed by atoms with Crippen LogP contribution in [0.15, 0.2) is 17.6 Å². The van der Waals surface area contributed by atoms with Gasteiger partial charge in [-0.1, -0.05) is 6.08 Å². The van der Waals surface area contributed by atoms with Crippen LogP contribution >= 0.6 is 0 Å². The third-order valence-corrected chi connectivity index (χ3v) is 4.94. The highest BCUT2D eigenvalue weighted by Gasteiger charge is 2.52. The van der Waals surface area contributed by atoms with E-state index in [0.29, 0.717) is 11.0 Å². The molecule has 1 heterocycles. The molecule has 1 aliphatic heterocycles. The molecule has 1 amide bonds. The fourth-order valence-corrected chi connectivity index (χ4v) is 2.67.